The van der Waals surface area contributed by atoms with Crippen molar-refractivity contribution in [3.05, 3.63) is 47.0 Å². The van der Waals surface area contributed by atoms with Gasteiger partial charge in [-0.3, -0.25) is 9.67 Å². The number of aliphatic hydroxyl groups is 1. The van der Waals surface area contributed by atoms with Crippen molar-refractivity contribution in [2.45, 2.75) is 32.4 Å². The predicted octanol–water partition coefficient (Wildman–Crippen LogP) is 2.77. The third-order valence-corrected chi connectivity index (χ3v) is 3.20. The van der Waals surface area contributed by atoms with Gasteiger partial charge in [0.2, 0.25) is 0 Å². The zero-order valence-corrected chi connectivity index (χ0v) is 11.4. The lowest BCUT2D eigenvalue weighted by Gasteiger charge is -2.26. The van der Waals surface area contributed by atoms with Crippen LogP contribution in [0.2, 0.25) is 5.02 Å². The van der Waals surface area contributed by atoms with E-state index in [1.54, 1.807) is 36.3 Å². The molecule has 18 heavy (non-hydrogen) atoms. The van der Waals surface area contributed by atoms with Gasteiger partial charge in [-0.2, -0.15) is 5.10 Å². The molecule has 0 saturated carbocycles. The average molecular weight is 266 g/mol. The Bertz CT molecular complexity index is 534. The second-order valence-corrected chi connectivity index (χ2v) is 5.10. The summed E-state index contributed by atoms with van der Waals surface area (Å²) in [6, 6.07) is 3.73. The van der Waals surface area contributed by atoms with Crippen molar-refractivity contribution < 1.29 is 5.11 Å². The highest BCUT2D eigenvalue weighted by atomic mass is 35.5. The summed E-state index contributed by atoms with van der Waals surface area (Å²) in [5.41, 5.74) is 0.0630. The zero-order valence-electron chi connectivity index (χ0n) is 10.6. The van der Waals surface area contributed by atoms with Crippen LogP contribution in [0.15, 0.2) is 30.7 Å². The molecule has 5 heteroatoms. The summed E-state index contributed by atoms with van der Waals surface area (Å²) in [7, 11) is 0. The van der Waals surface area contributed by atoms with Crippen molar-refractivity contribution in [1.29, 1.82) is 0 Å². The molecule has 2 aromatic heterocycles. The molecule has 0 amide bonds. The van der Waals surface area contributed by atoms with Crippen molar-refractivity contribution in [3.63, 3.8) is 0 Å². The van der Waals surface area contributed by atoms with Crippen molar-refractivity contribution in [2.75, 3.05) is 0 Å². The average Bonchev–Trinajstić information content (AvgIpc) is 2.73. The molecule has 1 N–H and O–H groups in total. The molecule has 0 saturated heterocycles. The summed E-state index contributed by atoms with van der Waals surface area (Å²) in [4.78, 5) is 4.03. The molecule has 1 atom stereocenters. The van der Waals surface area contributed by atoms with Gasteiger partial charge in [-0.25, -0.2) is 0 Å². The molecule has 0 radical (unpaired) electrons. The summed E-state index contributed by atoms with van der Waals surface area (Å²) < 4.78 is 1.73. The number of hydrogen-bond acceptors (Lipinski definition) is 3. The first-order valence-electron chi connectivity index (χ1n) is 5.81. The third-order valence-electron chi connectivity index (χ3n) is 2.92. The molecule has 0 bridgehead atoms. The van der Waals surface area contributed by atoms with Crippen LogP contribution in [0.3, 0.4) is 0 Å². The first-order valence-corrected chi connectivity index (χ1v) is 6.18. The van der Waals surface area contributed by atoms with Gasteiger partial charge in [0.1, 0.15) is 5.60 Å². The molecular weight excluding hydrogens is 250 g/mol. The molecular formula is C13H16ClN3O. The molecule has 0 aliphatic carbocycles. The zero-order chi connectivity index (χ0) is 13.3. The van der Waals surface area contributed by atoms with Crippen molar-refractivity contribution in [1.82, 2.24) is 14.8 Å². The lowest BCUT2D eigenvalue weighted by molar-refractivity contribution is 0.0897. The van der Waals surface area contributed by atoms with Crippen molar-refractivity contribution in [2.24, 2.45) is 0 Å². The number of nitrogens with zero attached hydrogens (tertiary/aromatic N) is 3. The normalized spacial score (nSPS) is 14.8. The Hall–Kier alpha value is -1.39. The second-order valence-electron chi connectivity index (χ2n) is 4.69. The summed E-state index contributed by atoms with van der Waals surface area (Å²) in [6.07, 6.45) is 4.86. The van der Waals surface area contributed by atoms with Crippen LogP contribution in [0.1, 0.15) is 38.1 Å². The van der Waals surface area contributed by atoms with Gasteiger partial charge in [-0.15, -0.1) is 0 Å². The first-order chi connectivity index (χ1) is 8.44. The minimum Gasteiger partial charge on any atom is -0.379 e. The Morgan fingerprint density at radius 1 is 1.39 bits per heavy atom. The van der Waals surface area contributed by atoms with Gasteiger partial charge in [0.15, 0.2) is 0 Å². The van der Waals surface area contributed by atoms with E-state index in [2.05, 4.69) is 10.1 Å². The lowest BCUT2D eigenvalue weighted by atomic mass is 9.93. The highest BCUT2D eigenvalue weighted by Gasteiger charge is 2.33. The Labute approximate surface area is 111 Å². The van der Waals surface area contributed by atoms with Gasteiger partial charge in [-0.1, -0.05) is 17.7 Å². The van der Waals surface area contributed by atoms with Crippen molar-refractivity contribution in [3.8, 4) is 0 Å². The van der Waals surface area contributed by atoms with E-state index in [4.69, 9.17) is 11.6 Å². The Balaban J connectivity index is 2.57. The number of pyridine rings is 1. The standard InChI is InChI=1S/C13H16ClN3O/c1-9(2)17-12(11(14)8-16-17)13(3,18)10-5-4-6-15-7-10/h4-9,18H,1-3H3. The van der Waals surface area contributed by atoms with Gasteiger partial charge in [0, 0.05) is 24.0 Å². The van der Waals surface area contributed by atoms with E-state index < -0.39 is 5.60 Å². The van der Waals surface area contributed by atoms with E-state index in [-0.39, 0.29) is 6.04 Å². The Kier molecular flexibility index (Phi) is 3.41. The van der Waals surface area contributed by atoms with Gasteiger partial charge in [0.05, 0.1) is 16.9 Å². The third kappa shape index (κ3) is 2.13. The van der Waals surface area contributed by atoms with E-state index in [9.17, 15) is 5.11 Å². The van der Waals surface area contributed by atoms with Crippen LogP contribution in [0, 0.1) is 0 Å². The maximum absolute atomic E-state index is 10.8. The monoisotopic (exact) mass is 265 g/mol. The number of rotatable bonds is 3. The van der Waals surface area contributed by atoms with Gasteiger partial charge < -0.3 is 5.11 Å². The second kappa shape index (κ2) is 4.71. The summed E-state index contributed by atoms with van der Waals surface area (Å²) in [6.45, 7) is 5.68. The minimum absolute atomic E-state index is 0.121. The van der Waals surface area contributed by atoms with Crippen LogP contribution in [-0.4, -0.2) is 19.9 Å². The van der Waals surface area contributed by atoms with Crippen LogP contribution in [0.4, 0.5) is 0 Å². The minimum atomic E-state index is -1.22. The van der Waals surface area contributed by atoms with E-state index in [0.717, 1.165) is 0 Å². The summed E-state index contributed by atoms with van der Waals surface area (Å²) >= 11 is 6.16. The molecule has 2 aromatic rings. The van der Waals surface area contributed by atoms with Crippen LogP contribution in [-0.2, 0) is 5.60 Å². The highest BCUT2D eigenvalue weighted by Crippen LogP contribution is 2.34. The van der Waals surface area contributed by atoms with Crippen LogP contribution in [0.25, 0.3) is 0 Å². The molecule has 4 nitrogen and oxygen atoms in total. The number of halogens is 1. The van der Waals surface area contributed by atoms with Gasteiger partial charge in [-0.05, 0) is 26.8 Å². The molecule has 0 aliphatic rings. The van der Waals surface area contributed by atoms with E-state index in [1.165, 1.54) is 0 Å². The maximum Gasteiger partial charge on any atom is 0.131 e. The first kappa shape index (κ1) is 13.1. The molecule has 0 aliphatic heterocycles. The molecule has 2 heterocycles. The SMILES string of the molecule is CC(C)n1ncc(Cl)c1C(C)(O)c1cccnc1. The molecule has 0 fully saturated rings. The largest absolute Gasteiger partial charge is 0.379 e. The quantitative estimate of drug-likeness (QED) is 0.928. The smallest absolute Gasteiger partial charge is 0.131 e. The van der Waals surface area contributed by atoms with E-state index in [1.807, 2.05) is 19.9 Å². The van der Waals surface area contributed by atoms with E-state index >= 15 is 0 Å². The van der Waals surface area contributed by atoms with E-state index in [0.29, 0.717) is 16.3 Å². The maximum atomic E-state index is 10.8. The van der Waals surface area contributed by atoms with Crippen LogP contribution in [0.5, 0.6) is 0 Å². The Morgan fingerprint density at radius 3 is 2.67 bits per heavy atom. The fraction of sp³-hybridized carbons (Fsp3) is 0.385. The molecule has 96 valence electrons. The fourth-order valence-electron chi connectivity index (χ4n) is 1.98. The van der Waals surface area contributed by atoms with Crippen LogP contribution >= 0.6 is 11.6 Å². The molecule has 0 aromatic carbocycles. The predicted molar refractivity (Wildman–Crippen MR) is 70.5 cm³/mol. The lowest BCUT2D eigenvalue weighted by Crippen LogP contribution is -2.28. The summed E-state index contributed by atoms with van der Waals surface area (Å²) in [5.74, 6) is 0. The molecule has 0 spiro atoms. The van der Waals surface area contributed by atoms with Gasteiger partial charge >= 0.3 is 0 Å². The Morgan fingerprint density at radius 2 is 2.11 bits per heavy atom. The molecule has 1 unspecified atom stereocenters. The fourth-order valence-corrected chi connectivity index (χ4v) is 2.29. The van der Waals surface area contributed by atoms with Gasteiger partial charge in [0.25, 0.3) is 0 Å². The molecule has 2 rings (SSSR count). The topological polar surface area (TPSA) is 50.9 Å². The number of aromatic nitrogens is 3. The number of hydrogen-bond donors (Lipinski definition) is 1. The van der Waals surface area contributed by atoms with Crippen LogP contribution < -0.4 is 0 Å². The summed E-state index contributed by atoms with van der Waals surface area (Å²) in [5, 5.41) is 15.4. The highest BCUT2D eigenvalue weighted by molar-refractivity contribution is 6.31. The van der Waals surface area contributed by atoms with Crippen molar-refractivity contribution >= 4 is 11.6 Å².